The number of hydrogen-bond acceptors (Lipinski definition) is 4. The Morgan fingerprint density at radius 3 is 2.33 bits per heavy atom. The Bertz CT molecular complexity index is 263. The molecule has 0 amide bonds. The molecule has 0 radical (unpaired) electrons. The van der Waals surface area contributed by atoms with Gasteiger partial charge in [0.05, 0.1) is 0 Å². The number of rotatable bonds is 4. The van der Waals surface area contributed by atoms with Gasteiger partial charge in [-0.3, -0.25) is 4.79 Å². The van der Waals surface area contributed by atoms with Crippen LogP contribution in [0.1, 0.15) is 6.42 Å². The first-order chi connectivity index (χ1) is 5.25. The van der Waals surface area contributed by atoms with Gasteiger partial charge in [0, 0.05) is 12.7 Å². The van der Waals surface area contributed by atoms with E-state index in [9.17, 15) is 13.2 Å². The van der Waals surface area contributed by atoms with E-state index in [-0.39, 0.29) is 6.42 Å². The zero-order valence-corrected chi connectivity index (χ0v) is 7.97. The van der Waals surface area contributed by atoms with Crippen LogP contribution in [0, 0.1) is 0 Å². The van der Waals surface area contributed by atoms with E-state index in [4.69, 9.17) is 22.4 Å². The number of carbonyl (C=O) groups is 1. The Morgan fingerprint density at radius 1 is 1.67 bits per heavy atom. The number of halogens is 1. The predicted octanol–water partition coefficient (Wildman–Crippen LogP) is -0.602. The number of carboxylic acids is 1. The third kappa shape index (κ3) is 3.89. The molecule has 0 spiro atoms. The zero-order valence-electron chi connectivity index (χ0n) is 6.40. The normalized spacial score (nSPS) is 16.9. The van der Waals surface area contributed by atoms with Crippen molar-refractivity contribution in [2.24, 2.45) is 5.73 Å². The molecule has 0 saturated heterocycles. The summed E-state index contributed by atoms with van der Waals surface area (Å²) in [5.41, 5.74) is 5.07. The lowest BCUT2D eigenvalue weighted by Gasteiger charge is -2.09. The van der Waals surface area contributed by atoms with Crippen LogP contribution in [0.25, 0.3) is 0 Å². The maximum Gasteiger partial charge on any atom is 0.320 e. The van der Waals surface area contributed by atoms with Crippen LogP contribution in [0.2, 0.25) is 0 Å². The van der Waals surface area contributed by atoms with Gasteiger partial charge in [0.1, 0.15) is 10.8 Å². The van der Waals surface area contributed by atoms with Crippen molar-refractivity contribution < 1.29 is 18.3 Å². The van der Waals surface area contributed by atoms with Gasteiger partial charge in [-0.1, -0.05) is 0 Å². The van der Waals surface area contributed by atoms with E-state index in [1.807, 2.05) is 0 Å². The van der Waals surface area contributed by atoms with Gasteiger partial charge in [0.15, 0.2) is 9.84 Å². The van der Waals surface area contributed by atoms with E-state index in [0.717, 1.165) is 6.26 Å². The number of carboxylic acid groups (broad SMARTS) is 1. The monoisotopic (exact) mass is 215 g/mol. The number of alkyl halides is 1. The summed E-state index contributed by atoms with van der Waals surface area (Å²) in [6.45, 7) is 0. The molecule has 12 heavy (non-hydrogen) atoms. The third-order valence-electron chi connectivity index (χ3n) is 1.22. The molecule has 5 nitrogen and oxygen atoms in total. The van der Waals surface area contributed by atoms with Gasteiger partial charge in [-0.25, -0.2) is 8.42 Å². The SMILES string of the molecule is CS(=O)(=O)C(Cl)CC(N)C(=O)O. The van der Waals surface area contributed by atoms with Gasteiger partial charge in [0.2, 0.25) is 0 Å². The molecule has 0 aliphatic heterocycles. The standard InChI is InChI=1S/C5H10ClNO4S/c1-12(10,11)4(6)2-3(7)5(8)9/h3-4H,2,7H2,1H3,(H,8,9). The molecule has 7 heteroatoms. The van der Waals surface area contributed by atoms with Crippen LogP contribution in [0.5, 0.6) is 0 Å². The summed E-state index contributed by atoms with van der Waals surface area (Å²) in [6, 6.07) is -1.23. The zero-order chi connectivity index (χ0) is 9.94. The molecule has 0 aromatic heterocycles. The lowest BCUT2D eigenvalue weighted by Crippen LogP contribution is -2.34. The minimum Gasteiger partial charge on any atom is -0.480 e. The molecule has 0 rings (SSSR count). The molecule has 72 valence electrons. The minimum absolute atomic E-state index is 0.282. The molecular weight excluding hydrogens is 206 g/mol. The summed E-state index contributed by atoms with van der Waals surface area (Å²) >= 11 is 5.36. The Balaban J connectivity index is 4.20. The average Bonchev–Trinajstić information content (AvgIpc) is 1.85. The van der Waals surface area contributed by atoms with Crippen molar-refractivity contribution >= 4 is 27.4 Å². The largest absolute Gasteiger partial charge is 0.480 e. The highest BCUT2D eigenvalue weighted by molar-refractivity contribution is 7.92. The van der Waals surface area contributed by atoms with Crippen molar-refractivity contribution in [3.05, 3.63) is 0 Å². The maximum atomic E-state index is 10.7. The molecule has 0 aliphatic carbocycles. The van der Waals surface area contributed by atoms with Crippen molar-refractivity contribution in [2.75, 3.05) is 6.26 Å². The van der Waals surface area contributed by atoms with E-state index in [1.54, 1.807) is 0 Å². The highest BCUT2D eigenvalue weighted by atomic mass is 35.5. The quantitative estimate of drug-likeness (QED) is 0.611. The fourth-order valence-electron chi connectivity index (χ4n) is 0.475. The summed E-state index contributed by atoms with van der Waals surface area (Å²) in [5, 5.41) is 8.32. The Morgan fingerprint density at radius 2 is 2.08 bits per heavy atom. The lowest BCUT2D eigenvalue weighted by molar-refractivity contribution is -0.138. The molecular formula is C5H10ClNO4S. The minimum atomic E-state index is -3.41. The predicted molar refractivity (Wildman–Crippen MR) is 44.7 cm³/mol. The van der Waals surface area contributed by atoms with Gasteiger partial charge in [-0.05, 0) is 0 Å². The Labute approximate surface area is 75.4 Å². The number of sulfone groups is 1. The van der Waals surface area contributed by atoms with Gasteiger partial charge >= 0.3 is 5.97 Å². The summed E-state index contributed by atoms with van der Waals surface area (Å²) in [6.07, 6.45) is 0.648. The van der Waals surface area contributed by atoms with Crippen molar-refractivity contribution in [2.45, 2.75) is 17.2 Å². The van der Waals surface area contributed by atoms with Crippen molar-refractivity contribution in [3.8, 4) is 0 Å². The smallest absolute Gasteiger partial charge is 0.320 e. The molecule has 2 unspecified atom stereocenters. The first-order valence-corrected chi connectivity index (χ1v) is 5.45. The lowest BCUT2D eigenvalue weighted by atomic mass is 10.2. The van der Waals surface area contributed by atoms with Crippen molar-refractivity contribution in [3.63, 3.8) is 0 Å². The maximum absolute atomic E-state index is 10.7. The van der Waals surface area contributed by atoms with Gasteiger partial charge in [0.25, 0.3) is 0 Å². The highest BCUT2D eigenvalue weighted by Crippen LogP contribution is 2.11. The summed E-state index contributed by atoms with van der Waals surface area (Å²) in [5.74, 6) is -1.26. The number of aliphatic carboxylic acids is 1. The van der Waals surface area contributed by atoms with Gasteiger partial charge in [-0.2, -0.15) is 0 Å². The molecule has 0 aromatic rings. The molecule has 2 atom stereocenters. The van der Waals surface area contributed by atoms with Crippen LogP contribution >= 0.6 is 11.6 Å². The fraction of sp³-hybridized carbons (Fsp3) is 0.800. The average molecular weight is 216 g/mol. The summed E-state index contributed by atoms with van der Waals surface area (Å²) in [4.78, 5) is 10.2. The Kier molecular flexibility index (Phi) is 3.95. The molecule has 0 bridgehead atoms. The second kappa shape index (κ2) is 4.06. The van der Waals surface area contributed by atoms with E-state index < -0.39 is 26.6 Å². The van der Waals surface area contributed by atoms with Crippen LogP contribution in [0.4, 0.5) is 0 Å². The van der Waals surface area contributed by atoms with Crippen LogP contribution in [0.15, 0.2) is 0 Å². The fourth-order valence-corrected chi connectivity index (χ4v) is 1.22. The second-order valence-corrected chi connectivity index (χ2v) is 5.43. The first-order valence-electron chi connectivity index (χ1n) is 3.06. The van der Waals surface area contributed by atoms with Crippen LogP contribution < -0.4 is 5.73 Å². The van der Waals surface area contributed by atoms with Crippen molar-refractivity contribution in [1.29, 1.82) is 0 Å². The van der Waals surface area contributed by atoms with Crippen LogP contribution in [0.3, 0.4) is 0 Å². The Hall–Kier alpha value is -0.330. The first kappa shape index (κ1) is 11.7. The van der Waals surface area contributed by atoms with E-state index >= 15 is 0 Å². The highest BCUT2D eigenvalue weighted by Gasteiger charge is 2.23. The molecule has 3 N–H and O–H groups in total. The third-order valence-corrected chi connectivity index (χ3v) is 3.49. The number of nitrogens with two attached hydrogens (primary N) is 1. The second-order valence-electron chi connectivity index (χ2n) is 2.42. The van der Waals surface area contributed by atoms with Gasteiger partial charge in [-0.15, -0.1) is 11.6 Å². The molecule has 0 heterocycles. The molecule has 0 aromatic carbocycles. The van der Waals surface area contributed by atoms with Crippen LogP contribution in [-0.2, 0) is 14.6 Å². The van der Waals surface area contributed by atoms with E-state index in [2.05, 4.69) is 0 Å². The van der Waals surface area contributed by atoms with Gasteiger partial charge < -0.3 is 10.8 Å². The summed E-state index contributed by atoms with van der Waals surface area (Å²) < 4.78 is 20.2. The van der Waals surface area contributed by atoms with Crippen molar-refractivity contribution in [1.82, 2.24) is 0 Å². The summed E-state index contributed by atoms with van der Waals surface area (Å²) in [7, 11) is -3.41. The molecule has 0 aliphatic rings. The van der Waals surface area contributed by atoms with Crippen LogP contribution in [-0.4, -0.2) is 36.5 Å². The number of hydrogen-bond donors (Lipinski definition) is 2. The van der Waals surface area contributed by atoms with E-state index in [0.29, 0.717) is 0 Å². The molecule has 0 saturated carbocycles. The van der Waals surface area contributed by atoms with E-state index in [1.165, 1.54) is 0 Å². The topological polar surface area (TPSA) is 97.5 Å². The molecule has 0 fully saturated rings.